The van der Waals surface area contributed by atoms with E-state index in [1.54, 1.807) is 0 Å². The summed E-state index contributed by atoms with van der Waals surface area (Å²) in [5.74, 6) is 0.0475. The molecule has 1 fully saturated rings. The molecule has 0 unspecified atom stereocenters. The molecule has 0 radical (unpaired) electrons. The predicted molar refractivity (Wildman–Crippen MR) is 58.4 cm³/mol. The van der Waals surface area contributed by atoms with Gasteiger partial charge in [-0.05, 0) is 31.2 Å². The van der Waals surface area contributed by atoms with E-state index in [4.69, 9.17) is 4.74 Å². The zero-order chi connectivity index (χ0) is 10.5. The number of hydrogen-bond donors (Lipinski definition) is 0. The average Bonchev–Trinajstić information content (AvgIpc) is 2.46. The van der Waals surface area contributed by atoms with Crippen LogP contribution in [0.3, 0.4) is 0 Å². The Labute approximate surface area is 90.3 Å². The van der Waals surface area contributed by atoms with Gasteiger partial charge in [0.2, 0.25) is 0 Å². The lowest BCUT2D eigenvalue weighted by molar-refractivity contribution is -0.147. The van der Waals surface area contributed by atoms with Crippen LogP contribution in [0.1, 0.15) is 24.8 Å². The van der Waals surface area contributed by atoms with E-state index in [1.165, 1.54) is 5.56 Å². The third-order valence-corrected chi connectivity index (χ3v) is 2.85. The molecule has 2 nitrogen and oxygen atoms in total. The summed E-state index contributed by atoms with van der Waals surface area (Å²) in [7, 11) is 0. The van der Waals surface area contributed by atoms with Crippen LogP contribution in [0.4, 0.5) is 0 Å². The number of ether oxygens (including phenoxy) is 1. The fourth-order valence-electron chi connectivity index (χ4n) is 1.99. The Morgan fingerprint density at radius 1 is 1.20 bits per heavy atom. The molecule has 0 saturated carbocycles. The van der Waals surface area contributed by atoms with E-state index in [0.29, 0.717) is 6.61 Å². The van der Waals surface area contributed by atoms with Crippen molar-refractivity contribution in [2.24, 2.45) is 5.92 Å². The summed E-state index contributed by atoms with van der Waals surface area (Å²) >= 11 is 0. The van der Waals surface area contributed by atoms with E-state index in [9.17, 15) is 4.79 Å². The number of esters is 1. The van der Waals surface area contributed by atoms with Crippen LogP contribution in [0.5, 0.6) is 0 Å². The van der Waals surface area contributed by atoms with Crippen LogP contribution in [-0.4, -0.2) is 12.6 Å². The van der Waals surface area contributed by atoms with Gasteiger partial charge in [-0.3, -0.25) is 4.79 Å². The zero-order valence-corrected chi connectivity index (χ0v) is 8.82. The van der Waals surface area contributed by atoms with Crippen LogP contribution >= 0.6 is 0 Å². The molecule has 1 aromatic rings. The second-order valence-corrected chi connectivity index (χ2v) is 4.05. The third-order valence-electron chi connectivity index (χ3n) is 2.85. The summed E-state index contributed by atoms with van der Waals surface area (Å²) in [5.41, 5.74) is 1.22. The molecule has 0 aliphatic carbocycles. The fourth-order valence-corrected chi connectivity index (χ4v) is 1.99. The first kappa shape index (κ1) is 10.2. The van der Waals surface area contributed by atoms with Crippen LogP contribution in [0.2, 0.25) is 0 Å². The quantitative estimate of drug-likeness (QED) is 0.692. The summed E-state index contributed by atoms with van der Waals surface area (Å²) in [4.78, 5) is 11.6. The van der Waals surface area contributed by atoms with Gasteiger partial charge in [0, 0.05) is 0 Å². The van der Waals surface area contributed by atoms with Crippen LogP contribution < -0.4 is 0 Å². The SMILES string of the molecule is O=C1OCCCC[C@H]1Cc1ccccc1. The standard InChI is InChI=1S/C13H16O2/c14-13-12(8-4-5-9-15-13)10-11-6-2-1-3-7-11/h1-3,6-7,12H,4-5,8-10H2/t12-/m0/s1. The molecule has 0 amide bonds. The van der Waals surface area contributed by atoms with E-state index >= 15 is 0 Å². The minimum Gasteiger partial charge on any atom is -0.465 e. The smallest absolute Gasteiger partial charge is 0.309 e. The van der Waals surface area contributed by atoms with Gasteiger partial charge in [-0.25, -0.2) is 0 Å². The van der Waals surface area contributed by atoms with Gasteiger partial charge < -0.3 is 4.74 Å². The van der Waals surface area contributed by atoms with E-state index in [1.807, 2.05) is 18.2 Å². The predicted octanol–water partition coefficient (Wildman–Crippen LogP) is 2.57. The lowest BCUT2D eigenvalue weighted by Crippen LogP contribution is -2.17. The molecule has 1 aliphatic heterocycles. The van der Waals surface area contributed by atoms with Crippen molar-refractivity contribution >= 4 is 5.97 Å². The van der Waals surface area contributed by atoms with Crippen molar-refractivity contribution in [1.82, 2.24) is 0 Å². The molecule has 0 N–H and O–H groups in total. The molecule has 1 atom stereocenters. The molecule has 0 bridgehead atoms. The zero-order valence-electron chi connectivity index (χ0n) is 8.82. The Balaban J connectivity index is 2.01. The Morgan fingerprint density at radius 3 is 2.80 bits per heavy atom. The molecule has 0 aromatic heterocycles. The highest BCUT2D eigenvalue weighted by Crippen LogP contribution is 2.19. The maximum absolute atomic E-state index is 11.6. The maximum Gasteiger partial charge on any atom is 0.309 e. The second kappa shape index (κ2) is 4.96. The molecule has 80 valence electrons. The largest absolute Gasteiger partial charge is 0.465 e. The summed E-state index contributed by atoms with van der Waals surface area (Å²) in [6.45, 7) is 0.601. The number of hydrogen-bond acceptors (Lipinski definition) is 2. The highest BCUT2D eigenvalue weighted by atomic mass is 16.5. The molecule has 2 heteroatoms. The second-order valence-electron chi connectivity index (χ2n) is 4.05. The lowest BCUT2D eigenvalue weighted by atomic mass is 9.95. The average molecular weight is 204 g/mol. The lowest BCUT2D eigenvalue weighted by Gasteiger charge is -2.11. The van der Waals surface area contributed by atoms with Gasteiger partial charge in [-0.1, -0.05) is 30.3 Å². The molecule has 1 aromatic carbocycles. The summed E-state index contributed by atoms with van der Waals surface area (Å²) in [6.07, 6.45) is 3.90. The van der Waals surface area contributed by atoms with Crippen molar-refractivity contribution in [2.75, 3.05) is 6.61 Å². The monoisotopic (exact) mass is 204 g/mol. The van der Waals surface area contributed by atoms with Crippen LogP contribution in [-0.2, 0) is 16.0 Å². The fraction of sp³-hybridized carbons (Fsp3) is 0.462. The summed E-state index contributed by atoms with van der Waals surface area (Å²) < 4.78 is 5.15. The minimum atomic E-state index is -0.0173. The molecular formula is C13H16O2. The molecule has 15 heavy (non-hydrogen) atoms. The first-order valence-electron chi connectivity index (χ1n) is 5.57. The van der Waals surface area contributed by atoms with Gasteiger partial charge in [0.15, 0.2) is 0 Å². The van der Waals surface area contributed by atoms with Crippen molar-refractivity contribution in [3.05, 3.63) is 35.9 Å². The number of carbonyl (C=O) groups is 1. The van der Waals surface area contributed by atoms with Gasteiger partial charge in [-0.15, -0.1) is 0 Å². The molecule has 1 saturated heterocycles. The van der Waals surface area contributed by atoms with Crippen molar-refractivity contribution < 1.29 is 9.53 Å². The first-order chi connectivity index (χ1) is 7.36. The van der Waals surface area contributed by atoms with Gasteiger partial charge in [0.1, 0.15) is 0 Å². The number of rotatable bonds is 2. The molecule has 0 spiro atoms. The normalized spacial score (nSPS) is 21.9. The number of cyclic esters (lactones) is 1. The van der Waals surface area contributed by atoms with Crippen molar-refractivity contribution in [2.45, 2.75) is 25.7 Å². The van der Waals surface area contributed by atoms with E-state index in [-0.39, 0.29) is 11.9 Å². The highest BCUT2D eigenvalue weighted by molar-refractivity contribution is 5.73. The van der Waals surface area contributed by atoms with Gasteiger partial charge >= 0.3 is 5.97 Å². The van der Waals surface area contributed by atoms with E-state index in [2.05, 4.69) is 12.1 Å². The minimum absolute atomic E-state index is 0.0173. The van der Waals surface area contributed by atoms with E-state index in [0.717, 1.165) is 25.7 Å². The van der Waals surface area contributed by atoms with Gasteiger partial charge in [0.05, 0.1) is 12.5 Å². The summed E-state index contributed by atoms with van der Waals surface area (Å²) in [6, 6.07) is 10.2. The maximum atomic E-state index is 11.6. The highest BCUT2D eigenvalue weighted by Gasteiger charge is 2.22. The Kier molecular flexibility index (Phi) is 3.38. The third kappa shape index (κ3) is 2.82. The molecule has 1 heterocycles. The Hall–Kier alpha value is -1.31. The Bertz CT molecular complexity index is 319. The summed E-state index contributed by atoms with van der Waals surface area (Å²) in [5, 5.41) is 0. The van der Waals surface area contributed by atoms with Gasteiger partial charge in [-0.2, -0.15) is 0 Å². The van der Waals surface area contributed by atoms with E-state index < -0.39 is 0 Å². The Morgan fingerprint density at radius 2 is 2.00 bits per heavy atom. The molecule has 1 aliphatic rings. The van der Waals surface area contributed by atoms with Crippen LogP contribution in [0.25, 0.3) is 0 Å². The molecular weight excluding hydrogens is 188 g/mol. The topological polar surface area (TPSA) is 26.3 Å². The van der Waals surface area contributed by atoms with Crippen LogP contribution in [0.15, 0.2) is 30.3 Å². The van der Waals surface area contributed by atoms with Crippen molar-refractivity contribution in [3.8, 4) is 0 Å². The first-order valence-corrected chi connectivity index (χ1v) is 5.57. The van der Waals surface area contributed by atoms with Gasteiger partial charge in [0.25, 0.3) is 0 Å². The van der Waals surface area contributed by atoms with Crippen LogP contribution in [0, 0.1) is 5.92 Å². The van der Waals surface area contributed by atoms with Crippen molar-refractivity contribution in [1.29, 1.82) is 0 Å². The van der Waals surface area contributed by atoms with Crippen molar-refractivity contribution in [3.63, 3.8) is 0 Å². The number of benzene rings is 1. The number of carbonyl (C=O) groups excluding carboxylic acids is 1. The molecule has 2 rings (SSSR count).